The molecule has 0 spiro atoms. The van der Waals surface area contributed by atoms with E-state index in [-0.39, 0.29) is 28.9 Å². The molecule has 1 aliphatic rings. The molecule has 2 amide bonds. The first-order valence-electron chi connectivity index (χ1n) is 11.1. The van der Waals surface area contributed by atoms with Crippen molar-refractivity contribution in [2.24, 2.45) is 5.92 Å². The molecule has 36 heavy (non-hydrogen) atoms. The number of rotatable bonds is 6. The quantitative estimate of drug-likeness (QED) is 0.314. The first-order chi connectivity index (χ1) is 16.8. The maximum absolute atomic E-state index is 13.1. The average molecular weight is 512 g/mol. The molecule has 0 bridgehead atoms. The van der Waals surface area contributed by atoms with Crippen LogP contribution in [0.5, 0.6) is 0 Å². The number of benzene rings is 1. The molecule has 0 radical (unpaired) electrons. The van der Waals surface area contributed by atoms with Gasteiger partial charge < -0.3 is 25.3 Å². The third kappa shape index (κ3) is 8.01. The highest BCUT2D eigenvalue weighted by atomic mass is 19.4. The molecule has 1 aromatic heterocycles. The van der Waals surface area contributed by atoms with Crippen molar-refractivity contribution in [3.05, 3.63) is 59.4 Å². The Labute approximate surface area is 206 Å². The van der Waals surface area contributed by atoms with E-state index in [1.165, 1.54) is 18.3 Å². The van der Waals surface area contributed by atoms with Gasteiger partial charge in [0.05, 0.1) is 5.71 Å². The predicted molar refractivity (Wildman–Crippen MR) is 126 cm³/mol. The highest BCUT2D eigenvalue weighted by molar-refractivity contribution is 6.10. The molecular formula is C24H29F4N5O3. The Hall–Kier alpha value is -3.54. The number of imidazole rings is 1. The Kier molecular flexibility index (Phi) is 9.91. The number of aryl methyl sites for hydroxylation is 1. The fraction of sp³-hybridized carbons (Fsp3) is 0.417. The van der Waals surface area contributed by atoms with Crippen LogP contribution >= 0.6 is 0 Å². The van der Waals surface area contributed by atoms with Gasteiger partial charge >= 0.3 is 6.18 Å². The Bertz CT molecular complexity index is 1070. The summed E-state index contributed by atoms with van der Waals surface area (Å²) in [4.78, 5) is 31.5. The van der Waals surface area contributed by atoms with Crippen molar-refractivity contribution in [3.63, 3.8) is 0 Å². The van der Waals surface area contributed by atoms with Crippen molar-refractivity contribution in [1.82, 2.24) is 19.8 Å². The zero-order valence-electron chi connectivity index (χ0n) is 20.1. The lowest BCUT2D eigenvalue weighted by molar-refractivity contribution is -0.145. The molecule has 2 aromatic rings. The van der Waals surface area contributed by atoms with Crippen LogP contribution in [0.3, 0.4) is 0 Å². The maximum atomic E-state index is 13.1. The molecule has 1 aromatic carbocycles. The zero-order chi connectivity index (χ0) is 27.0. The summed E-state index contributed by atoms with van der Waals surface area (Å²) in [5, 5.41) is 17.3. The van der Waals surface area contributed by atoms with E-state index in [0.717, 1.165) is 18.5 Å². The Balaban J connectivity index is 0.000000269. The number of nitrogens with zero attached hydrogens (tertiary/aromatic N) is 3. The number of halogens is 4. The van der Waals surface area contributed by atoms with E-state index in [1.807, 2.05) is 13.8 Å². The van der Waals surface area contributed by atoms with Crippen LogP contribution in [0.1, 0.15) is 30.9 Å². The van der Waals surface area contributed by atoms with Gasteiger partial charge in [0, 0.05) is 38.1 Å². The minimum atomic E-state index is -4.66. The van der Waals surface area contributed by atoms with Crippen LogP contribution in [-0.2, 0) is 9.59 Å². The number of carbonyl (C=O) groups is 2. The monoisotopic (exact) mass is 511 g/mol. The average Bonchev–Trinajstić information content (AvgIpc) is 3.27. The molecule has 1 aliphatic heterocycles. The summed E-state index contributed by atoms with van der Waals surface area (Å²) >= 11 is 0. The summed E-state index contributed by atoms with van der Waals surface area (Å²) < 4.78 is 52.0. The molecule has 3 rings (SSSR count). The topological polar surface area (TPSA) is 113 Å². The lowest BCUT2D eigenvalue weighted by Crippen LogP contribution is -2.51. The molecule has 2 heterocycles. The number of allylic oxidation sites excluding steroid dienone is 2. The highest BCUT2D eigenvalue weighted by Gasteiger charge is 2.36. The van der Waals surface area contributed by atoms with Crippen LogP contribution in [0.2, 0.25) is 0 Å². The van der Waals surface area contributed by atoms with Crippen molar-refractivity contribution in [2.45, 2.75) is 33.1 Å². The molecular weight excluding hydrogens is 482 g/mol. The van der Waals surface area contributed by atoms with E-state index in [2.05, 4.69) is 9.97 Å². The zero-order valence-corrected chi connectivity index (χ0v) is 20.1. The fourth-order valence-electron chi connectivity index (χ4n) is 3.21. The van der Waals surface area contributed by atoms with E-state index in [9.17, 15) is 32.3 Å². The minimum Gasteiger partial charge on any atom is -0.383 e. The summed E-state index contributed by atoms with van der Waals surface area (Å²) in [6.07, 6.45) is -2.84. The predicted octanol–water partition coefficient (Wildman–Crippen LogP) is 3.17. The van der Waals surface area contributed by atoms with E-state index in [4.69, 9.17) is 5.41 Å². The largest absolute Gasteiger partial charge is 0.420 e. The number of H-pyrrole nitrogens is 1. The van der Waals surface area contributed by atoms with Crippen LogP contribution in [0.4, 0.5) is 17.6 Å². The molecule has 0 aliphatic carbocycles. The maximum Gasteiger partial charge on any atom is 0.420 e. The Morgan fingerprint density at radius 3 is 2.19 bits per heavy atom. The van der Waals surface area contributed by atoms with Gasteiger partial charge in [-0.2, -0.15) is 13.2 Å². The number of nitrogens with one attached hydrogen (secondary N) is 2. The third-order valence-electron chi connectivity index (χ3n) is 5.37. The fourth-order valence-corrected chi connectivity index (χ4v) is 3.21. The molecule has 8 nitrogen and oxygen atoms in total. The van der Waals surface area contributed by atoms with E-state index in [1.54, 1.807) is 16.7 Å². The summed E-state index contributed by atoms with van der Waals surface area (Å²) in [7, 11) is 0. The molecule has 1 atom stereocenters. The summed E-state index contributed by atoms with van der Waals surface area (Å²) in [5.41, 5.74) is -0.767. The number of hydrogen-bond donors (Lipinski definition) is 3. The van der Waals surface area contributed by atoms with Crippen LogP contribution in [-0.4, -0.2) is 81.4 Å². The van der Waals surface area contributed by atoms with Crippen LogP contribution < -0.4 is 0 Å². The second-order valence-corrected chi connectivity index (χ2v) is 8.55. The normalized spacial score (nSPS) is 15.3. The van der Waals surface area contributed by atoms with Gasteiger partial charge in [0.25, 0.3) is 5.91 Å². The molecule has 1 fully saturated rings. The second kappa shape index (κ2) is 12.4. The van der Waals surface area contributed by atoms with Gasteiger partial charge in [-0.25, -0.2) is 9.37 Å². The van der Waals surface area contributed by atoms with Crippen molar-refractivity contribution in [2.75, 3.05) is 26.2 Å². The lowest BCUT2D eigenvalue weighted by Gasteiger charge is -2.34. The van der Waals surface area contributed by atoms with Crippen LogP contribution in [0.15, 0.2) is 36.5 Å². The number of hydrogen-bond acceptors (Lipinski definition) is 5. The van der Waals surface area contributed by atoms with Gasteiger partial charge in [-0.1, -0.05) is 13.8 Å². The number of amides is 2. The van der Waals surface area contributed by atoms with Gasteiger partial charge in [0.1, 0.15) is 23.3 Å². The van der Waals surface area contributed by atoms with Gasteiger partial charge in [-0.3, -0.25) is 9.59 Å². The molecule has 1 saturated heterocycles. The number of aliphatic hydroxyl groups is 1. The highest BCUT2D eigenvalue weighted by Crippen LogP contribution is 2.32. The molecule has 12 heteroatoms. The molecule has 196 valence electrons. The first kappa shape index (κ1) is 28.7. The standard InChI is InChI=1S/C14H11F4N3.C10H18N2O3/c1-8-7-20-13(21-8)11(14(16,17)18)6-12(19)9-2-4-10(15)5-3-9;1-8(2)9(14)10(15)12-5-3-11(7-13)4-6-12/h2-7,19H,1H3,(H,20,21);7-9,14H,3-6H2,1-2H3/b11-6+,19-12?;. The van der Waals surface area contributed by atoms with Gasteiger partial charge in [-0.15, -0.1) is 0 Å². The molecule has 3 N–H and O–H groups in total. The number of alkyl halides is 3. The van der Waals surface area contributed by atoms with Gasteiger partial charge in [0.2, 0.25) is 6.41 Å². The second-order valence-electron chi connectivity index (χ2n) is 8.55. The van der Waals surface area contributed by atoms with E-state index >= 15 is 0 Å². The summed E-state index contributed by atoms with van der Waals surface area (Å²) in [6.45, 7) is 7.34. The number of aliphatic hydroxyl groups excluding tert-OH is 1. The molecule has 1 unspecified atom stereocenters. The number of piperazine rings is 1. The van der Waals surface area contributed by atoms with Crippen LogP contribution in [0, 0.1) is 24.1 Å². The van der Waals surface area contributed by atoms with E-state index < -0.39 is 23.7 Å². The number of carbonyl (C=O) groups excluding carboxylic acids is 2. The van der Waals surface area contributed by atoms with Crippen LogP contribution in [0.25, 0.3) is 5.57 Å². The number of aromatic amines is 1. The molecule has 0 saturated carbocycles. The Morgan fingerprint density at radius 2 is 1.75 bits per heavy atom. The van der Waals surface area contributed by atoms with E-state index in [0.29, 0.717) is 37.9 Å². The summed E-state index contributed by atoms with van der Waals surface area (Å²) in [5.74, 6) is -1.17. The van der Waals surface area contributed by atoms with Gasteiger partial charge in [-0.05, 0) is 48.7 Å². The Morgan fingerprint density at radius 1 is 1.17 bits per heavy atom. The van der Waals surface area contributed by atoms with Crippen molar-refractivity contribution in [3.8, 4) is 0 Å². The van der Waals surface area contributed by atoms with Gasteiger partial charge in [0.15, 0.2) is 0 Å². The van der Waals surface area contributed by atoms with Crippen molar-refractivity contribution >= 4 is 23.6 Å². The number of aromatic nitrogens is 2. The first-order valence-corrected chi connectivity index (χ1v) is 11.1. The SMILES string of the molecule is CC(C)C(O)C(=O)N1CCN(C=O)CC1.Cc1cnc(/C(=C\C(=N)c2ccc(F)cc2)C(F)(F)F)[nH]1. The van der Waals surface area contributed by atoms with Crippen molar-refractivity contribution in [1.29, 1.82) is 5.41 Å². The lowest BCUT2D eigenvalue weighted by atomic mass is 10.1. The smallest absolute Gasteiger partial charge is 0.383 e. The third-order valence-corrected chi connectivity index (χ3v) is 5.37. The summed E-state index contributed by atoms with van der Waals surface area (Å²) in [6, 6.07) is 4.66. The van der Waals surface area contributed by atoms with Crippen molar-refractivity contribution < 1.29 is 32.3 Å². The minimum absolute atomic E-state index is 0.0680.